The summed E-state index contributed by atoms with van der Waals surface area (Å²) in [4.78, 5) is 12.9. The molecule has 0 aliphatic rings. The normalized spacial score (nSPS) is 13.0. The van der Waals surface area contributed by atoms with Crippen molar-refractivity contribution >= 4 is 28.0 Å². The Morgan fingerprint density at radius 3 is 2.90 bits per heavy atom. The molecule has 20 heavy (non-hydrogen) atoms. The molecule has 1 atom stereocenters. The molecule has 0 aliphatic carbocycles. The predicted octanol–water partition coefficient (Wildman–Crippen LogP) is 2.18. The molecule has 3 heterocycles. The summed E-state index contributed by atoms with van der Waals surface area (Å²) in [6, 6.07) is 2.00. The van der Waals surface area contributed by atoms with Gasteiger partial charge in [-0.2, -0.15) is 0 Å². The minimum atomic E-state index is -0.466. The van der Waals surface area contributed by atoms with Crippen molar-refractivity contribution in [3.8, 4) is 0 Å². The molecule has 3 aromatic rings. The van der Waals surface area contributed by atoms with Crippen molar-refractivity contribution < 1.29 is 9.52 Å². The number of aliphatic hydroxyl groups excluding tert-OH is 1. The van der Waals surface area contributed by atoms with Crippen LogP contribution in [0, 0.1) is 13.8 Å². The van der Waals surface area contributed by atoms with Crippen molar-refractivity contribution in [3.05, 3.63) is 23.7 Å². The third-order valence-corrected chi connectivity index (χ3v) is 3.12. The Morgan fingerprint density at radius 1 is 1.35 bits per heavy atom. The van der Waals surface area contributed by atoms with Gasteiger partial charge in [-0.05, 0) is 32.4 Å². The number of aromatic nitrogens is 3. The van der Waals surface area contributed by atoms with E-state index in [0.717, 1.165) is 22.2 Å². The average Bonchev–Trinajstić information content (AvgIpc) is 2.74. The maximum Gasteiger partial charge on any atom is 0.229 e. The third-order valence-electron chi connectivity index (χ3n) is 3.12. The van der Waals surface area contributed by atoms with E-state index in [-0.39, 0.29) is 0 Å². The Balaban J connectivity index is 2.22. The summed E-state index contributed by atoms with van der Waals surface area (Å²) < 4.78 is 5.80. The van der Waals surface area contributed by atoms with Crippen LogP contribution in [0.2, 0.25) is 0 Å². The lowest BCUT2D eigenvalue weighted by molar-refractivity contribution is 0.208. The second-order valence-corrected chi connectivity index (χ2v) is 4.99. The molecule has 0 aromatic carbocycles. The summed E-state index contributed by atoms with van der Waals surface area (Å²) >= 11 is 0. The maximum absolute atomic E-state index is 9.36. The van der Waals surface area contributed by atoms with Crippen molar-refractivity contribution in [1.82, 2.24) is 15.0 Å². The van der Waals surface area contributed by atoms with Gasteiger partial charge in [0.1, 0.15) is 11.8 Å². The molecule has 0 amide bonds. The topological polar surface area (TPSA) is 84.1 Å². The van der Waals surface area contributed by atoms with Gasteiger partial charge in [-0.25, -0.2) is 15.0 Å². The highest BCUT2D eigenvalue weighted by molar-refractivity contribution is 6.05. The van der Waals surface area contributed by atoms with E-state index in [1.54, 1.807) is 6.92 Å². The Kier molecular flexibility index (Phi) is 3.02. The maximum atomic E-state index is 9.36. The van der Waals surface area contributed by atoms with E-state index in [9.17, 15) is 5.11 Å². The minimum Gasteiger partial charge on any atom is -0.432 e. The first-order valence-corrected chi connectivity index (χ1v) is 6.49. The number of nitrogens with one attached hydrogen (secondary N) is 1. The van der Waals surface area contributed by atoms with Gasteiger partial charge in [-0.15, -0.1) is 0 Å². The van der Waals surface area contributed by atoms with E-state index < -0.39 is 6.10 Å². The zero-order chi connectivity index (χ0) is 14.3. The van der Waals surface area contributed by atoms with Crippen LogP contribution in [0.4, 0.5) is 5.82 Å². The molecule has 3 rings (SSSR count). The van der Waals surface area contributed by atoms with Gasteiger partial charge in [-0.3, -0.25) is 0 Å². The Bertz CT molecular complexity index is 780. The number of nitrogens with zero attached hydrogens (tertiary/aromatic N) is 3. The Labute approximate surface area is 115 Å². The quantitative estimate of drug-likeness (QED) is 0.760. The van der Waals surface area contributed by atoms with Gasteiger partial charge in [0.15, 0.2) is 11.4 Å². The molecule has 2 N–H and O–H groups in total. The smallest absolute Gasteiger partial charge is 0.229 e. The molecule has 104 valence electrons. The van der Waals surface area contributed by atoms with Crippen molar-refractivity contribution in [2.75, 3.05) is 11.9 Å². The number of pyridine rings is 1. The lowest BCUT2D eigenvalue weighted by Crippen LogP contribution is -2.16. The van der Waals surface area contributed by atoms with Gasteiger partial charge in [-0.1, -0.05) is 0 Å². The van der Waals surface area contributed by atoms with Gasteiger partial charge < -0.3 is 14.8 Å². The number of fused-ring (bicyclic) bond motifs is 3. The Hall–Kier alpha value is -2.21. The molecule has 6 nitrogen and oxygen atoms in total. The van der Waals surface area contributed by atoms with Gasteiger partial charge in [0.05, 0.1) is 11.5 Å². The van der Waals surface area contributed by atoms with Crippen LogP contribution in [0.5, 0.6) is 0 Å². The van der Waals surface area contributed by atoms with Crippen LogP contribution in [0.15, 0.2) is 16.8 Å². The molecular formula is C14H16N4O2. The average molecular weight is 272 g/mol. The van der Waals surface area contributed by atoms with Gasteiger partial charge in [0.2, 0.25) is 5.71 Å². The highest BCUT2D eigenvalue weighted by atomic mass is 16.3. The standard InChI is InChI=1S/C14H16N4O2/c1-7-4-8(2)18-14-10(7)11-12(20-14)13(17-6-16-11)15-5-9(3)19/h4,6,9,19H,5H2,1-3H3,(H,15,16,17)/t9-/m1/s1. The molecule has 0 unspecified atom stereocenters. The zero-order valence-electron chi connectivity index (χ0n) is 11.6. The number of hydrogen-bond donors (Lipinski definition) is 2. The number of anilines is 1. The van der Waals surface area contributed by atoms with E-state index >= 15 is 0 Å². The Morgan fingerprint density at radius 2 is 2.15 bits per heavy atom. The van der Waals surface area contributed by atoms with Crippen LogP contribution in [0.3, 0.4) is 0 Å². The number of rotatable bonds is 3. The molecule has 0 saturated heterocycles. The fourth-order valence-electron chi connectivity index (χ4n) is 2.28. The lowest BCUT2D eigenvalue weighted by Gasteiger charge is -2.06. The third kappa shape index (κ3) is 2.08. The first kappa shape index (κ1) is 12.8. The molecule has 0 bridgehead atoms. The first-order valence-electron chi connectivity index (χ1n) is 6.49. The molecular weight excluding hydrogens is 256 g/mol. The number of aryl methyl sites for hydroxylation is 2. The molecule has 0 spiro atoms. The summed E-state index contributed by atoms with van der Waals surface area (Å²) in [5.74, 6) is 0.575. The number of hydrogen-bond acceptors (Lipinski definition) is 6. The predicted molar refractivity (Wildman–Crippen MR) is 76.7 cm³/mol. The molecule has 6 heteroatoms. The van der Waals surface area contributed by atoms with E-state index in [1.807, 2.05) is 19.9 Å². The van der Waals surface area contributed by atoms with Crippen molar-refractivity contribution in [1.29, 1.82) is 0 Å². The van der Waals surface area contributed by atoms with Crippen LogP contribution < -0.4 is 5.32 Å². The van der Waals surface area contributed by atoms with E-state index in [2.05, 4.69) is 20.3 Å². The monoisotopic (exact) mass is 272 g/mol. The fraction of sp³-hybridized carbons (Fsp3) is 0.357. The van der Waals surface area contributed by atoms with E-state index in [0.29, 0.717) is 23.7 Å². The molecule has 0 radical (unpaired) electrons. The SMILES string of the molecule is Cc1cc(C)c2c(n1)oc1c(NC[C@@H](C)O)ncnc12. The second kappa shape index (κ2) is 4.72. The van der Waals surface area contributed by atoms with E-state index in [1.165, 1.54) is 6.33 Å². The molecule has 0 saturated carbocycles. The summed E-state index contributed by atoms with van der Waals surface area (Å²) in [6.07, 6.45) is 1.02. The largest absolute Gasteiger partial charge is 0.432 e. The van der Waals surface area contributed by atoms with Crippen LogP contribution >= 0.6 is 0 Å². The lowest BCUT2D eigenvalue weighted by atomic mass is 10.1. The summed E-state index contributed by atoms with van der Waals surface area (Å²) in [6.45, 7) is 6.04. The molecule has 3 aromatic heterocycles. The van der Waals surface area contributed by atoms with E-state index in [4.69, 9.17) is 4.42 Å². The molecule has 0 aliphatic heterocycles. The zero-order valence-corrected chi connectivity index (χ0v) is 11.6. The van der Waals surface area contributed by atoms with Crippen LogP contribution in [0.1, 0.15) is 18.2 Å². The van der Waals surface area contributed by atoms with Crippen molar-refractivity contribution in [2.45, 2.75) is 26.9 Å². The highest BCUT2D eigenvalue weighted by Crippen LogP contribution is 2.31. The summed E-state index contributed by atoms with van der Waals surface area (Å²) in [5, 5.41) is 13.3. The van der Waals surface area contributed by atoms with Gasteiger partial charge in [0.25, 0.3) is 0 Å². The van der Waals surface area contributed by atoms with Gasteiger partial charge >= 0.3 is 0 Å². The highest BCUT2D eigenvalue weighted by Gasteiger charge is 2.16. The second-order valence-electron chi connectivity index (χ2n) is 4.99. The van der Waals surface area contributed by atoms with Crippen LogP contribution in [-0.2, 0) is 0 Å². The van der Waals surface area contributed by atoms with Crippen LogP contribution in [-0.4, -0.2) is 32.7 Å². The van der Waals surface area contributed by atoms with Crippen molar-refractivity contribution in [2.24, 2.45) is 0 Å². The van der Waals surface area contributed by atoms with Crippen LogP contribution in [0.25, 0.3) is 22.2 Å². The number of aliphatic hydroxyl groups is 1. The first-order chi connectivity index (χ1) is 9.56. The molecule has 0 fully saturated rings. The fourth-order valence-corrected chi connectivity index (χ4v) is 2.28. The van der Waals surface area contributed by atoms with Crippen molar-refractivity contribution in [3.63, 3.8) is 0 Å². The number of furan rings is 1. The summed E-state index contributed by atoms with van der Waals surface area (Å²) in [5.41, 5.74) is 3.86. The minimum absolute atomic E-state index is 0.397. The van der Waals surface area contributed by atoms with Gasteiger partial charge in [0, 0.05) is 12.2 Å². The summed E-state index contributed by atoms with van der Waals surface area (Å²) in [7, 11) is 0.